The molecule has 0 aromatic carbocycles. The van der Waals surface area contributed by atoms with E-state index >= 15 is 0 Å². The quantitative estimate of drug-likeness (QED) is 0.669. The highest BCUT2D eigenvalue weighted by Crippen LogP contribution is 2.18. The van der Waals surface area contributed by atoms with Gasteiger partial charge in [-0.2, -0.15) is 0 Å². The van der Waals surface area contributed by atoms with Gasteiger partial charge >= 0.3 is 0 Å². The van der Waals surface area contributed by atoms with Crippen molar-refractivity contribution in [2.24, 2.45) is 11.7 Å². The number of likely N-dealkylation sites (tertiary alicyclic amines) is 1. The summed E-state index contributed by atoms with van der Waals surface area (Å²) in [6.45, 7) is 7.61. The van der Waals surface area contributed by atoms with E-state index in [0.717, 1.165) is 32.0 Å². The van der Waals surface area contributed by atoms with E-state index in [0.29, 0.717) is 0 Å². The summed E-state index contributed by atoms with van der Waals surface area (Å²) < 4.78 is 0. The van der Waals surface area contributed by atoms with Crippen molar-refractivity contribution in [2.75, 3.05) is 26.2 Å². The van der Waals surface area contributed by atoms with Crippen molar-refractivity contribution in [3.8, 4) is 0 Å². The van der Waals surface area contributed by atoms with Crippen LogP contribution in [-0.4, -0.2) is 41.8 Å². The van der Waals surface area contributed by atoms with Crippen molar-refractivity contribution in [1.82, 2.24) is 4.90 Å². The van der Waals surface area contributed by atoms with Crippen LogP contribution in [0.3, 0.4) is 0 Å². The zero-order valence-corrected chi connectivity index (χ0v) is 8.79. The summed E-state index contributed by atoms with van der Waals surface area (Å²) in [5.41, 5.74) is 5.64. The minimum absolute atomic E-state index is 0.116. The summed E-state index contributed by atoms with van der Waals surface area (Å²) in [5, 5.41) is 9.07. The van der Waals surface area contributed by atoms with Crippen LogP contribution in [0.1, 0.15) is 26.7 Å². The average molecular weight is 186 g/mol. The molecule has 0 aliphatic carbocycles. The van der Waals surface area contributed by atoms with E-state index in [1.807, 2.05) is 0 Å². The van der Waals surface area contributed by atoms with Crippen LogP contribution in [0.5, 0.6) is 0 Å². The van der Waals surface area contributed by atoms with Gasteiger partial charge in [-0.15, -0.1) is 0 Å². The summed E-state index contributed by atoms with van der Waals surface area (Å²) in [6.07, 6.45) is 2.16. The van der Waals surface area contributed by atoms with Gasteiger partial charge in [-0.1, -0.05) is 13.8 Å². The number of aliphatic hydroxyl groups excluding tert-OH is 1. The summed E-state index contributed by atoms with van der Waals surface area (Å²) in [4.78, 5) is 2.36. The van der Waals surface area contributed by atoms with Crippen LogP contribution in [0.25, 0.3) is 0 Å². The number of rotatable bonds is 4. The second-order valence-corrected chi connectivity index (χ2v) is 4.73. The fraction of sp³-hybridized carbons (Fsp3) is 1.00. The number of hydrogen-bond donors (Lipinski definition) is 2. The van der Waals surface area contributed by atoms with E-state index in [4.69, 9.17) is 10.8 Å². The molecule has 0 radical (unpaired) electrons. The van der Waals surface area contributed by atoms with E-state index in [2.05, 4.69) is 18.7 Å². The maximum atomic E-state index is 9.07. The van der Waals surface area contributed by atoms with Crippen molar-refractivity contribution in [3.63, 3.8) is 0 Å². The van der Waals surface area contributed by atoms with E-state index in [-0.39, 0.29) is 12.1 Å². The lowest BCUT2D eigenvalue weighted by molar-refractivity contribution is 0.191. The van der Waals surface area contributed by atoms with Crippen LogP contribution < -0.4 is 5.73 Å². The lowest BCUT2D eigenvalue weighted by atomic mass is 10.0. The number of hydrogen-bond acceptors (Lipinski definition) is 3. The Hall–Kier alpha value is -0.120. The Morgan fingerprint density at radius 2 is 2.23 bits per heavy atom. The topological polar surface area (TPSA) is 49.5 Å². The Bertz CT molecular complexity index is 161. The average Bonchev–Trinajstić information content (AvgIpc) is 2.45. The van der Waals surface area contributed by atoms with Crippen LogP contribution in [0, 0.1) is 5.92 Å². The molecule has 0 amide bonds. The second-order valence-electron chi connectivity index (χ2n) is 4.73. The molecule has 13 heavy (non-hydrogen) atoms. The summed E-state index contributed by atoms with van der Waals surface area (Å²) >= 11 is 0. The molecule has 0 aromatic rings. The molecule has 3 N–H and O–H groups in total. The number of nitrogens with zero attached hydrogens (tertiary/aromatic N) is 1. The van der Waals surface area contributed by atoms with Crippen LogP contribution in [-0.2, 0) is 0 Å². The van der Waals surface area contributed by atoms with Gasteiger partial charge in [0.2, 0.25) is 0 Å². The predicted octanol–water partition coefficient (Wildman–Crippen LogP) is 0.428. The lowest BCUT2D eigenvalue weighted by Crippen LogP contribution is -2.46. The van der Waals surface area contributed by atoms with Crippen molar-refractivity contribution >= 4 is 0 Å². The highest BCUT2D eigenvalue weighted by atomic mass is 16.3. The van der Waals surface area contributed by atoms with E-state index in [1.54, 1.807) is 0 Å². The molecule has 1 heterocycles. The normalized spacial score (nSPS) is 30.2. The smallest absolute Gasteiger partial charge is 0.0624 e. The summed E-state index contributed by atoms with van der Waals surface area (Å²) in [5.74, 6) is 0.752. The standard InChI is InChI=1S/C10H22N2O/c1-9(2)3-5-12-6-4-10(11,7-12)8-13/h9,13H,3-8,11H2,1-2H3. The molecule has 1 rings (SSSR count). The number of nitrogens with two attached hydrogens (primary N) is 1. The minimum Gasteiger partial charge on any atom is -0.394 e. The summed E-state index contributed by atoms with van der Waals surface area (Å²) in [6, 6.07) is 0. The van der Waals surface area contributed by atoms with Crippen LogP contribution in [0.4, 0.5) is 0 Å². The van der Waals surface area contributed by atoms with Crippen molar-refractivity contribution in [3.05, 3.63) is 0 Å². The van der Waals surface area contributed by atoms with Crippen LogP contribution in [0.15, 0.2) is 0 Å². The number of aliphatic hydroxyl groups is 1. The van der Waals surface area contributed by atoms with Gasteiger partial charge in [0.15, 0.2) is 0 Å². The fourth-order valence-electron chi connectivity index (χ4n) is 1.74. The third-order valence-corrected chi connectivity index (χ3v) is 2.80. The lowest BCUT2D eigenvalue weighted by Gasteiger charge is -2.22. The first-order valence-corrected chi connectivity index (χ1v) is 5.18. The molecule has 3 heteroatoms. The maximum absolute atomic E-state index is 9.07. The monoisotopic (exact) mass is 186 g/mol. The molecule has 1 saturated heterocycles. The van der Waals surface area contributed by atoms with E-state index in [9.17, 15) is 0 Å². The molecule has 0 spiro atoms. The van der Waals surface area contributed by atoms with Crippen molar-refractivity contribution < 1.29 is 5.11 Å². The molecule has 1 fully saturated rings. The second kappa shape index (κ2) is 4.40. The highest BCUT2D eigenvalue weighted by Gasteiger charge is 2.33. The molecule has 78 valence electrons. The van der Waals surface area contributed by atoms with Gasteiger partial charge in [0, 0.05) is 13.1 Å². The van der Waals surface area contributed by atoms with Crippen LogP contribution in [0.2, 0.25) is 0 Å². The van der Waals surface area contributed by atoms with Crippen LogP contribution >= 0.6 is 0 Å². The first kappa shape index (κ1) is 11.0. The molecular formula is C10H22N2O. The Balaban J connectivity index is 2.25. The van der Waals surface area contributed by atoms with Gasteiger partial charge < -0.3 is 15.7 Å². The highest BCUT2D eigenvalue weighted by molar-refractivity contribution is 4.93. The van der Waals surface area contributed by atoms with Gasteiger partial charge in [-0.25, -0.2) is 0 Å². The first-order valence-electron chi connectivity index (χ1n) is 5.18. The third kappa shape index (κ3) is 3.25. The Labute approximate surface area is 80.9 Å². The molecule has 1 aliphatic rings. The molecule has 0 aromatic heterocycles. The SMILES string of the molecule is CC(C)CCN1CCC(N)(CO)C1. The Morgan fingerprint density at radius 3 is 2.69 bits per heavy atom. The Morgan fingerprint density at radius 1 is 1.54 bits per heavy atom. The zero-order chi connectivity index (χ0) is 9.90. The maximum Gasteiger partial charge on any atom is 0.0624 e. The van der Waals surface area contributed by atoms with Gasteiger partial charge in [0.25, 0.3) is 0 Å². The molecule has 1 atom stereocenters. The van der Waals surface area contributed by atoms with Gasteiger partial charge in [0.05, 0.1) is 12.1 Å². The Kier molecular flexibility index (Phi) is 3.71. The van der Waals surface area contributed by atoms with E-state index in [1.165, 1.54) is 6.42 Å². The predicted molar refractivity (Wildman–Crippen MR) is 54.5 cm³/mol. The van der Waals surface area contributed by atoms with E-state index < -0.39 is 0 Å². The van der Waals surface area contributed by atoms with Crippen molar-refractivity contribution in [1.29, 1.82) is 0 Å². The molecule has 3 nitrogen and oxygen atoms in total. The third-order valence-electron chi connectivity index (χ3n) is 2.80. The van der Waals surface area contributed by atoms with Gasteiger partial charge in [-0.3, -0.25) is 0 Å². The van der Waals surface area contributed by atoms with Gasteiger partial charge in [0.1, 0.15) is 0 Å². The largest absolute Gasteiger partial charge is 0.394 e. The molecule has 0 bridgehead atoms. The molecular weight excluding hydrogens is 164 g/mol. The van der Waals surface area contributed by atoms with Gasteiger partial charge in [-0.05, 0) is 25.3 Å². The molecule has 1 aliphatic heterocycles. The first-order chi connectivity index (χ1) is 6.06. The fourth-order valence-corrected chi connectivity index (χ4v) is 1.74. The van der Waals surface area contributed by atoms with Crippen molar-refractivity contribution in [2.45, 2.75) is 32.2 Å². The molecule has 1 unspecified atom stereocenters. The molecule has 0 saturated carbocycles. The summed E-state index contributed by atoms with van der Waals surface area (Å²) in [7, 11) is 0. The minimum atomic E-state index is -0.322. The zero-order valence-electron chi connectivity index (χ0n) is 8.79.